The van der Waals surface area contributed by atoms with Crippen LogP contribution < -0.4 is 0 Å². The third-order valence-electron chi connectivity index (χ3n) is 2.82. The fraction of sp³-hybridized carbons (Fsp3) is 0.500. The number of benzene rings is 1. The van der Waals surface area contributed by atoms with Gasteiger partial charge in [0.15, 0.2) is 15.6 Å². The number of rotatable bonds is 5. The monoisotopic (exact) mass is 268 g/mol. The van der Waals surface area contributed by atoms with E-state index in [2.05, 4.69) is 0 Å². The maximum Gasteiger partial charge on any atom is 0.178 e. The van der Waals surface area contributed by atoms with Crippen LogP contribution in [0.2, 0.25) is 0 Å². The summed E-state index contributed by atoms with van der Waals surface area (Å²) in [6, 6.07) is 3.82. The van der Waals surface area contributed by atoms with Crippen molar-refractivity contribution in [1.82, 2.24) is 0 Å². The molecule has 0 aliphatic heterocycles. The van der Waals surface area contributed by atoms with Crippen LogP contribution in [0.3, 0.4) is 0 Å². The van der Waals surface area contributed by atoms with E-state index >= 15 is 0 Å². The molecular formula is C14H20O3S. The summed E-state index contributed by atoms with van der Waals surface area (Å²) >= 11 is 0. The largest absolute Gasteiger partial charge is 0.293 e. The molecule has 0 atom stereocenters. The van der Waals surface area contributed by atoms with Gasteiger partial charge in [0.2, 0.25) is 0 Å². The van der Waals surface area contributed by atoms with Crippen LogP contribution >= 0.6 is 0 Å². The standard InChI is InChI=1S/C14H20O3S/c1-5-6-18(16,17)9-13(15)14-11(3)7-10(2)8-12(14)4/h7-8H,5-6,9H2,1-4H3. The van der Waals surface area contributed by atoms with Crippen molar-refractivity contribution in [3.05, 3.63) is 34.4 Å². The van der Waals surface area contributed by atoms with Crippen molar-refractivity contribution in [2.24, 2.45) is 0 Å². The predicted molar refractivity (Wildman–Crippen MR) is 73.9 cm³/mol. The van der Waals surface area contributed by atoms with E-state index in [4.69, 9.17) is 0 Å². The minimum atomic E-state index is -3.27. The molecule has 0 amide bonds. The first kappa shape index (κ1) is 14.9. The average molecular weight is 268 g/mol. The number of hydrogen-bond donors (Lipinski definition) is 0. The van der Waals surface area contributed by atoms with Gasteiger partial charge in [0.05, 0.1) is 5.75 Å². The number of aryl methyl sites for hydroxylation is 3. The lowest BCUT2D eigenvalue weighted by Crippen LogP contribution is -2.20. The van der Waals surface area contributed by atoms with Crippen molar-refractivity contribution in [3.8, 4) is 0 Å². The topological polar surface area (TPSA) is 51.2 Å². The van der Waals surface area contributed by atoms with Crippen LogP contribution in [0.5, 0.6) is 0 Å². The van der Waals surface area contributed by atoms with Gasteiger partial charge in [0.25, 0.3) is 0 Å². The highest BCUT2D eigenvalue weighted by Crippen LogP contribution is 2.17. The van der Waals surface area contributed by atoms with Crippen molar-refractivity contribution >= 4 is 15.6 Å². The number of carbonyl (C=O) groups excluding carboxylic acids is 1. The van der Waals surface area contributed by atoms with Crippen LogP contribution in [-0.4, -0.2) is 25.7 Å². The first-order valence-corrected chi connectivity index (χ1v) is 7.90. The summed E-state index contributed by atoms with van der Waals surface area (Å²) in [5, 5.41) is 0. The molecule has 0 heterocycles. The summed E-state index contributed by atoms with van der Waals surface area (Å²) in [5.74, 6) is -0.604. The lowest BCUT2D eigenvalue weighted by Gasteiger charge is -2.10. The summed E-state index contributed by atoms with van der Waals surface area (Å²) in [6.07, 6.45) is 0.543. The minimum absolute atomic E-state index is 0.0721. The van der Waals surface area contributed by atoms with Crippen LogP contribution in [0.4, 0.5) is 0 Å². The highest BCUT2D eigenvalue weighted by molar-refractivity contribution is 7.92. The van der Waals surface area contributed by atoms with Gasteiger partial charge in [0, 0.05) is 5.56 Å². The van der Waals surface area contributed by atoms with Crippen LogP contribution in [0, 0.1) is 20.8 Å². The maximum absolute atomic E-state index is 12.1. The van der Waals surface area contributed by atoms with Crippen LogP contribution in [0.1, 0.15) is 40.4 Å². The number of sulfone groups is 1. The predicted octanol–water partition coefficient (Wildman–Crippen LogP) is 2.62. The Kier molecular flexibility index (Phi) is 4.68. The molecule has 0 saturated heterocycles. The van der Waals surface area contributed by atoms with Gasteiger partial charge in [-0.3, -0.25) is 4.79 Å². The second kappa shape index (κ2) is 5.65. The molecular weight excluding hydrogens is 248 g/mol. The highest BCUT2D eigenvalue weighted by Gasteiger charge is 2.20. The van der Waals surface area contributed by atoms with E-state index in [1.165, 1.54) is 0 Å². The van der Waals surface area contributed by atoms with E-state index in [0.29, 0.717) is 12.0 Å². The van der Waals surface area contributed by atoms with Crippen LogP contribution in [0.15, 0.2) is 12.1 Å². The summed E-state index contributed by atoms with van der Waals surface area (Å²) in [4.78, 5) is 12.1. The van der Waals surface area contributed by atoms with Crippen molar-refractivity contribution in [3.63, 3.8) is 0 Å². The molecule has 0 bridgehead atoms. The molecule has 1 aromatic rings. The third-order valence-corrected chi connectivity index (χ3v) is 4.55. The Balaban J connectivity index is 3.06. The van der Waals surface area contributed by atoms with E-state index in [1.54, 1.807) is 6.92 Å². The molecule has 1 aromatic carbocycles. The van der Waals surface area contributed by atoms with Gasteiger partial charge in [-0.25, -0.2) is 8.42 Å². The van der Waals surface area contributed by atoms with Crippen molar-refractivity contribution in [2.75, 3.05) is 11.5 Å². The molecule has 18 heavy (non-hydrogen) atoms. The van der Waals surface area contributed by atoms with Gasteiger partial charge in [-0.1, -0.05) is 24.6 Å². The zero-order valence-corrected chi connectivity index (χ0v) is 12.2. The summed E-state index contributed by atoms with van der Waals surface area (Å²) in [7, 11) is -3.27. The molecule has 0 aliphatic carbocycles. The Morgan fingerprint density at radius 3 is 2.06 bits per heavy atom. The first-order valence-electron chi connectivity index (χ1n) is 6.08. The maximum atomic E-state index is 12.1. The quantitative estimate of drug-likeness (QED) is 0.771. The molecule has 0 unspecified atom stereocenters. The Morgan fingerprint density at radius 1 is 1.11 bits per heavy atom. The molecule has 4 heteroatoms. The Bertz CT molecular complexity index is 533. The van der Waals surface area contributed by atoms with Crippen molar-refractivity contribution in [1.29, 1.82) is 0 Å². The lowest BCUT2D eigenvalue weighted by atomic mass is 9.97. The number of hydrogen-bond acceptors (Lipinski definition) is 3. The van der Waals surface area contributed by atoms with Gasteiger partial charge >= 0.3 is 0 Å². The second-order valence-electron chi connectivity index (χ2n) is 4.79. The molecule has 0 N–H and O–H groups in total. The van der Waals surface area contributed by atoms with Gasteiger partial charge < -0.3 is 0 Å². The lowest BCUT2D eigenvalue weighted by molar-refractivity contribution is 0.102. The number of Topliss-reactive ketones (excluding diaryl/α,β-unsaturated/α-hetero) is 1. The van der Waals surface area contributed by atoms with E-state index in [0.717, 1.165) is 16.7 Å². The van der Waals surface area contributed by atoms with Gasteiger partial charge in [-0.2, -0.15) is 0 Å². The SMILES string of the molecule is CCCS(=O)(=O)CC(=O)c1c(C)cc(C)cc1C. The molecule has 100 valence electrons. The van der Waals surface area contributed by atoms with Crippen molar-refractivity contribution < 1.29 is 13.2 Å². The minimum Gasteiger partial charge on any atom is -0.293 e. The molecule has 3 nitrogen and oxygen atoms in total. The first-order chi connectivity index (χ1) is 8.26. The Hall–Kier alpha value is -1.16. The molecule has 0 saturated carbocycles. The number of carbonyl (C=O) groups is 1. The Morgan fingerprint density at radius 2 is 1.61 bits per heavy atom. The molecule has 0 radical (unpaired) electrons. The fourth-order valence-electron chi connectivity index (χ4n) is 2.27. The van der Waals surface area contributed by atoms with Gasteiger partial charge in [0.1, 0.15) is 5.75 Å². The summed E-state index contributed by atoms with van der Waals surface area (Å²) in [5.41, 5.74) is 3.34. The zero-order valence-electron chi connectivity index (χ0n) is 11.4. The van der Waals surface area contributed by atoms with E-state index in [9.17, 15) is 13.2 Å². The van der Waals surface area contributed by atoms with E-state index < -0.39 is 9.84 Å². The third kappa shape index (κ3) is 3.67. The second-order valence-corrected chi connectivity index (χ2v) is 6.97. The summed E-state index contributed by atoms with van der Waals surface area (Å²) < 4.78 is 23.4. The highest BCUT2D eigenvalue weighted by atomic mass is 32.2. The summed E-state index contributed by atoms with van der Waals surface area (Å²) in [6.45, 7) is 7.45. The van der Waals surface area contributed by atoms with E-state index in [1.807, 2.05) is 32.9 Å². The van der Waals surface area contributed by atoms with Gasteiger partial charge in [-0.05, 0) is 38.3 Å². The molecule has 0 aliphatic rings. The average Bonchev–Trinajstić information content (AvgIpc) is 2.13. The van der Waals surface area contributed by atoms with E-state index in [-0.39, 0.29) is 17.3 Å². The smallest absolute Gasteiger partial charge is 0.178 e. The van der Waals surface area contributed by atoms with Gasteiger partial charge in [-0.15, -0.1) is 0 Å². The number of ketones is 1. The molecule has 0 fully saturated rings. The molecule has 1 rings (SSSR count). The molecule has 0 spiro atoms. The normalized spacial score (nSPS) is 11.6. The fourth-order valence-corrected chi connectivity index (χ4v) is 3.59. The van der Waals surface area contributed by atoms with Crippen LogP contribution in [-0.2, 0) is 9.84 Å². The molecule has 0 aromatic heterocycles. The van der Waals surface area contributed by atoms with Crippen molar-refractivity contribution in [2.45, 2.75) is 34.1 Å². The Labute approximate surface area is 109 Å². The van der Waals surface area contributed by atoms with Crippen LogP contribution in [0.25, 0.3) is 0 Å². The zero-order chi connectivity index (χ0) is 13.9.